The second-order valence-electron chi connectivity index (χ2n) is 6.67. The fourth-order valence-corrected chi connectivity index (χ4v) is 3.56. The molecule has 3 aromatic rings. The van der Waals surface area contributed by atoms with E-state index in [1.807, 2.05) is 18.2 Å². The average Bonchev–Trinajstić information content (AvgIpc) is 2.69. The highest BCUT2D eigenvalue weighted by Gasteiger charge is 2.20. The highest BCUT2D eigenvalue weighted by atomic mass is 19.1. The maximum Gasteiger partial charge on any atom is 0.336 e. The summed E-state index contributed by atoms with van der Waals surface area (Å²) in [6.45, 7) is 3.70. The lowest BCUT2D eigenvalue weighted by Gasteiger charge is -2.36. The van der Waals surface area contributed by atoms with Crippen molar-refractivity contribution < 1.29 is 13.5 Å². The molecule has 140 valence electrons. The molecule has 0 N–H and O–H groups in total. The maximum absolute atomic E-state index is 14.0. The van der Waals surface area contributed by atoms with Crippen molar-refractivity contribution in [3.05, 3.63) is 70.3 Å². The van der Waals surface area contributed by atoms with Gasteiger partial charge in [0.2, 0.25) is 0 Å². The van der Waals surface area contributed by atoms with Gasteiger partial charge < -0.3 is 14.1 Å². The number of rotatable bonds is 4. The van der Waals surface area contributed by atoms with Crippen molar-refractivity contribution >= 4 is 16.7 Å². The third-order valence-electron chi connectivity index (χ3n) is 4.99. The van der Waals surface area contributed by atoms with Gasteiger partial charge >= 0.3 is 5.63 Å². The number of methoxy groups -OCH3 is 1. The second-order valence-corrected chi connectivity index (χ2v) is 6.67. The van der Waals surface area contributed by atoms with Crippen molar-refractivity contribution in [1.29, 1.82) is 0 Å². The number of ether oxygens (including phenoxy) is 1. The molecule has 0 atom stereocenters. The quantitative estimate of drug-likeness (QED) is 0.662. The van der Waals surface area contributed by atoms with Gasteiger partial charge in [0.1, 0.15) is 17.1 Å². The standard InChI is InChI=1S/C21H21FN2O3/c1-26-16-6-7-20-17(13-16)15(12-21(25)27-20)14-23-8-10-24(11-9-23)19-5-3-2-4-18(19)22/h2-7,12-13H,8-11,14H2,1H3. The van der Waals surface area contributed by atoms with Crippen molar-refractivity contribution in [3.8, 4) is 5.75 Å². The Balaban J connectivity index is 1.52. The molecule has 1 aliphatic heterocycles. The van der Waals surface area contributed by atoms with Gasteiger partial charge in [0.25, 0.3) is 0 Å². The zero-order valence-electron chi connectivity index (χ0n) is 15.2. The largest absolute Gasteiger partial charge is 0.497 e. The van der Waals surface area contributed by atoms with E-state index in [-0.39, 0.29) is 11.4 Å². The van der Waals surface area contributed by atoms with Crippen LogP contribution in [0.5, 0.6) is 5.75 Å². The van der Waals surface area contributed by atoms with Gasteiger partial charge in [-0.2, -0.15) is 0 Å². The molecule has 6 heteroatoms. The molecule has 0 saturated carbocycles. The van der Waals surface area contributed by atoms with E-state index in [1.165, 1.54) is 6.07 Å². The monoisotopic (exact) mass is 368 g/mol. The summed E-state index contributed by atoms with van der Waals surface area (Å²) in [5.74, 6) is 0.534. The van der Waals surface area contributed by atoms with Crippen LogP contribution >= 0.6 is 0 Å². The van der Waals surface area contributed by atoms with E-state index < -0.39 is 0 Å². The minimum atomic E-state index is -0.354. The SMILES string of the molecule is COc1ccc2oc(=O)cc(CN3CCN(c4ccccc4F)CC3)c2c1. The van der Waals surface area contributed by atoms with Crippen molar-refractivity contribution in [2.45, 2.75) is 6.54 Å². The topological polar surface area (TPSA) is 45.9 Å². The molecule has 1 aliphatic rings. The third-order valence-corrected chi connectivity index (χ3v) is 4.99. The Morgan fingerprint density at radius 3 is 2.59 bits per heavy atom. The number of piperazine rings is 1. The predicted molar refractivity (Wildman–Crippen MR) is 103 cm³/mol. The van der Waals surface area contributed by atoms with Crippen LogP contribution < -0.4 is 15.3 Å². The number of fused-ring (bicyclic) bond motifs is 1. The smallest absolute Gasteiger partial charge is 0.336 e. The van der Waals surface area contributed by atoms with Gasteiger partial charge in [-0.15, -0.1) is 0 Å². The van der Waals surface area contributed by atoms with Crippen LogP contribution in [0.1, 0.15) is 5.56 Å². The fraction of sp³-hybridized carbons (Fsp3) is 0.286. The Labute approximate surface area is 156 Å². The molecule has 0 amide bonds. The van der Waals surface area contributed by atoms with Gasteiger partial charge in [-0.1, -0.05) is 12.1 Å². The Bertz CT molecular complexity index is 1010. The van der Waals surface area contributed by atoms with Crippen molar-refractivity contribution in [2.24, 2.45) is 0 Å². The summed E-state index contributed by atoms with van der Waals surface area (Å²) in [5, 5.41) is 0.880. The first kappa shape index (κ1) is 17.5. The first-order valence-electron chi connectivity index (χ1n) is 8.96. The Morgan fingerprint density at radius 2 is 1.85 bits per heavy atom. The lowest BCUT2D eigenvalue weighted by molar-refractivity contribution is 0.249. The molecular weight excluding hydrogens is 347 g/mol. The molecule has 0 bridgehead atoms. The molecule has 0 aliphatic carbocycles. The summed E-state index contributed by atoms with van der Waals surface area (Å²) >= 11 is 0. The van der Waals surface area contributed by atoms with Crippen LogP contribution in [-0.4, -0.2) is 38.2 Å². The van der Waals surface area contributed by atoms with Gasteiger partial charge in [-0.3, -0.25) is 4.90 Å². The number of para-hydroxylation sites is 1. The Morgan fingerprint density at radius 1 is 1.07 bits per heavy atom. The Kier molecular flexibility index (Phi) is 4.81. The van der Waals surface area contributed by atoms with Gasteiger partial charge in [0.05, 0.1) is 12.8 Å². The molecule has 5 nitrogen and oxygen atoms in total. The van der Waals surface area contributed by atoms with Crippen LogP contribution in [0, 0.1) is 5.82 Å². The van der Waals surface area contributed by atoms with Crippen molar-refractivity contribution in [3.63, 3.8) is 0 Å². The lowest BCUT2D eigenvalue weighted by Crippen LogP contribution is -2.46. The Hall–Kier alpha value is -2.86. The molecule has 0 spiro atoms. The minimum Gasteiger partial charge on any atom is -0.497 e. The van der Waals surface area contributed by atoms with E-state index in [4.69, 9.17) is 9.15 Å². The number of halogens is 1. The highest BCUT2D eigenvalue weighted by molar-refractivity contribution is 5.81. The predicted octanol–water partition coefficient (Wildman–Crippen LogP) is 3.26. The van der Waals surface area contributed by atoms with Crippen LogP contribution in [0.2, 0.25) is 0 Å². The first-order chi connectivity index (χ1) is 13.1. The zero-order chi connectivity index (χ0) is 18.8. The number of hydrogen-bond donors (Lipinski definition) is 0. The van der Waals surface area contributed by atoms with E-state index in [1.54, 1.807) is 31.4 Å². The maximum atomic E-state index is 14.0. The molecule has 1 saturated heterocycles. The van der Waals surface area contributed by atoms with Gasteiger partial charge in [-0.05, 0) is 35.9 Å². The summed E-state index contributed by atoms with van der Waals surface area (Å²) in [6.07, 6.45) is 0. The number of nitrogens with zero attached hydrogens (tertiary/aromatic N) is 2. The normalized spacial score (nSPS) is 15.3. The molecule has 0 unspecified atom stereocenters. The second kappa shape index (κ2) is 7.40. The minimum absolute atomic E-state index is 0.190. The van der Waals surface area contributed by atoms with Gasteiger partial charge in [-0.25, -0.2) is 9.18 Å². The molecule has 2 heterocycles. The van der Waals surface area contributed by atoms with E-state index in [0.29, 0.717) is 17.8 Å². The molecule has 4 rings (SSSR count). The number of anilines is 1. The summed E-state index contributed by atoms with van der Waals surface area (Å²) in [6, 6.07) is 13.8. The highest BCUT2D eigenvalue weighted by Crippen LogP contribution is 2.25. The first-order valence-corrected chi connectivity index (χ1v) is 8.96. The fourth-order valence-electron chi connectivity index (χ4n) is 3.56. The third kappa shape index (κ3) is 3.66. The average molecular weight is 368 g/mol. The molecule has 0 radical (unpaired) electrons. The number of benzene rings is 2. The van der Waals surface area contributed by atoms with Crippen LogP contribution in [0.3, 0.4) is 0 Å². The summed E-state index contributed by atoms with van der Waals surface area (Å²) in [7, 11) is 1.61. The number of hydrogen-bond acceptors (Lipinski definition) is 5. The summed E-state index contributed by atoms with van der Waals surface area (Å²) < 4.78 is 24.6. The molecule has 2 aromatic carbocycles. The molecule has 1 fully saturated rings. The van der Waals surface area contributed by atoms with E-state index in [9.17, 15) is 9.18 Å². The van der Waals surface area contributed by atoms with E-state index in [0.717, 1.165) is 42.9 Å². The lowest BCUT2D eigenvalue weighted by atomic mass is 10.1. The van der Waals surface area contributed by atoms with Crippen LogP contribution in [0.15, 0.2) is 57.7 Å². The van der Waals surface area contributed by atoms with Crippen LogP contribution in [0.4, 0.5) is 10.1 Å². The summed E-state index contributed by atoms with van der Waals surface area (Å²) in [4.78, 5) is 16.2. The van der Waals surface area contributed by atoms with Gasteiger partial charge in [0, 0.05) is 44.2 Å². The van der Waals surface area contributed by atoms with E-state index >= 15 is 0 Å². The van der Waals surface area contributed by atoms with Gasteiger partial charge in [0.15, 0.2) is 0 Å². The van der Waals surface area contributed by atoms with Crippen LogP contribution in [0.25, 0.3) is 11.0 Å². The van der Waals surface area contributed by atoms with Crippen LogP contribution in [-0.2, 0) is 6.54 Å². The summed E-state index contributed by atoms with van der Waals surface area (Å²) in [5.41, 5.74) is 1.77. The van der Waals surface area contributed by atoms with Crippen molar-refractivity contribution in [1.82, 2.24) is 4.90 Å². The van der Waals surface area contributed by atoms with Crippen molar-refractivity contribution in [2.75, 3.05) is 38.2 Å². The van der Waals surface area contributed by atoms with E-state index in [2.05, 4.69) is 9.80 Å². The zero-order valence-corrected chi connectivity index (χ0v) is 15.2. The molecule has 1 aromatic heterocycles. The molecule has 27 heavy (non-hydrogen) atoms. The molecular formula is C21H21FN2O3.